The lowest BCUT2D eigenvalue weighted by molar-refractivity contribution is 0.300. The van der Waals surface area contributed by atoms with Crippen molar-refractivity contribution in [2.75, 3.05) is 0 Å². The average Bonchev–Trinajstić information content (AvgIpc) is 2.75. The quantitative estimate of drug-likeness (QED) is 0.722. The summed E-state index contributed by atoms with van der Waals surface area (Å²) in [6, 6.07) is 7.06. The lowest BCUT2D eigenvalue weighted by atomic mass is 9.42. The van der Waals surface area contributed by atoms with E-state index in [9.17, 15) is 0 Å². The van der Waals surface area contributed by atoms with Crippen molar-refractivity contribution in [3.63, 3.8) is 0 Å². The van der Waals surface area contributed by atoms with Crippen molar-refractivity contribution in [1.82, 2.24) is 0 Å². The molecule has 0 radical (unpaired) electrons. The molecule has 0 saturated heterocycles. The molecule has 0 unspecified atom stereocenters. The molecular weight excluding hydrogens is 253 g/mol. The van der Waals surface area contributed by atoms with Crippen LogP contribution in [0.25, 0.3) is 5.70 Å². The first kappa shape index (κ1) is 14.6. The van der Waals surface area contributed by atoms with E-state index in [1.54, 1.807) is 5.57 Å². The lowest BCUT2D eigenvalue weighted by Crippen LogP contribution is -2.35. The molecule has 0 fully saturated rings. The molecule has 1 aromatic carbocycles. The summed E-state index contributed by atoms with van der Waals surface area (Å²) >= 11 is 0. The second-order valence-corrected chi connectivity index (χ2v) is 8.28. The van der Waals surface area contributed by atoms with Gasteiger partial charge in [-0.15, -0.1) is 0 Å². The zero-order valence-corrected chi connectivity index (χ0v) is 14.1. The first-order valence-corrected chi connectivity index (χ1v) is 8.15. The van der Waals surface area contributed by atoms with Gasteiger partial charge in [0.2, 0.25) is 0 Å². The average molecular weight is 279 g/mol. The van der Waals surface area contributed by atoms with Gasteiger partial charge < -0.3 is 0 Å². The Morgan fingerprint density at radius 1 is 1.10 bits per heavy atom. The molecule has 2 heteroatoms. The van der Waals surface area contributed by atoms with E-state index in [2.05, 4.69) is 64.0 Å². The highest BCUT2D eigenvalue weighted by molar-refractivity contribution is 6.57. The molecule has 0 spiro atoms. The third-order valence-corrected chi connectivity index (χ3v) is 5.64. The Morgan fingerprint density at radius 3 is 2.57 bits per heavy atom. The maximum Gasteiger partial charge on any atom is 0.164 e. The van der Waals surface area contributed by atoms with Crippen molar-refractivity contribution in [3.8, 4) is 0 Å². The zero-order valence-electron chi connectivity index (χ0n) is 14.1. The number of nitrogens with zero attached hydrogens (tertiary/aromatic N) is 1. The Hall–Kier alpha value is -1.31. The maximum absolute atomic E-state index is 4.67. The van der Waals surface area contributed by atoms with Crippen LogP contribution in [0.2, 0.25) is 5.31 Å². The van der Waals surface area contributed by atoms with Crippen molar-refractivity contribution in [2.24, 2.45) is 10.4 Å². The number of aliphatic imine (C=N–C) groups is 1. The van der Waals surface area contributed by atoms with Crippen LogP contribution in [-0.4, -0.2) is 13.5 Å². The van der Waals surface area contributed by atoms with Crippen LogP contribution in [0.15, 0.2) is 28.8 Å². The van der Waals surface area contributed by atoms with Crippen LogP contribution in [0, 0.1) is 5.41 Å². The number of rotatable bonds is 2. The van der Waals surface area contributed by atoms with Crippen molar-refractivity contribution >= 4 is 24.7 Å². The molecule has 0 saturated carbocycles. The summed E-state index contributed by atoms with van der Waals surface area (Å²) in [5.74, 6) is 0. The molecule has 1 aliphatic heterocycles. The number of hydrogen-bond acceptors (Lipinski definition) is 1. The Kier molecular flexibility index (Phi) is 3.39. The molecule has 0 amide bonds. The molecule has 110 valence electrons. The van der Waals surface area contributed by atoms with Crippen LogP contribution in [0.3, 0.4) is 0 Å². The van der Waals surface area contributed by atoms with E-state index in [4.69, 9.17) is 0 Å². The molecule has 2 aliphatic rings. The van der Waals surface area contributed by atoms with Gasteiger partial charge in [-0.3, -0.25) is 4.99 Å². The molecule has 1 heterocycles. The molecule has 0 atom stereocenters. The molecule has 0 N–H and O–H groups in total. The van der Waals surface area contributed by atoms with Gasteiger partial charge in [0.15, 0.2) is 7.28 Å². The van der Waals surface area contributed by atoms with Crippen molar-refractivity contribution in [2.45, 2.75) is 59.2 Å². The molecule has 21 heavy (non-hydrogen) atoms. The molecule has 3 rings (SSSR count). The van der Waals surface area contributed by atoms with Crippen molar-refractivity contribution in [1.29, 1.82) is 0 Å². The molecule has 1 nitrogen and oxygen atoms in total. The fraction of sp³-hybridized carbons (Fsp3) is 0.526. The summed E-state index contributed by atoms with van der Waals surface area (Å²) in [5.41, 5.74) is 7.42. The van der Waals surface area contributed by atoms with Crippen molar-refractivity contribution in [3.05, 3.63) is 34.9 Å². The SMILES string of the molecule is CC(C)(C)C(C)(C)Bc1ccc2c(c1)C1=C(CCC=N1)C2. The topological polar surface area (TPSA) is 12.4 Å². The Bertz CT molecular complexity index is 629. The monoisotopic (exact) mass is 279 g/mol. The van der Waals surface area contributed by atoms with E-state index in [-0.39, 0.29) is 5.31 Å². The molecular formula is C19H26BN. The van der Waals surface area contributed by atoms with Gasteiger partial charge in [0.1, 0.15) is 0 Å². The standard InChI is InChI=1S/C19H26BN/c1-18(2,3)19(4,5)20-15-9-8-13-11-14-7-6-10-21-17(14)16(13)12-15/h8-10,12,20H,6-7,11H2,1-5H3. The van der Waals surface area contributed by atoms with Gasteiger partial charge in [-0.2, -0.15) is 0 Å². The minimum absolute atomic E-state index is 0.285. The van der Waals surface area contributed by atoms with Crippen LogP contribution in [0.5, 0.6) is 0 Å². The first-order chi connectivity index (χ1) is 9.78. The van der Waals surface area contributed by atoms with Gasteiger partial charge in [0.25, 0.3) is 0 Å². The fourth-order valence-electron chi connectivity index (χ4n) is 3.15. The van der Waals surface area contributed by atoms with E-state index in [0.29, 0.717) is 5.41 Å². The largest absolute Gasteiger partial charge is 0.261 e. The first-order valence-electron chi connectivity index (χ1n) is 8.15. The second kappa shape index (κ2) is 4.86. The van der Waals surface area contributed by atoms with Gasteiger partial charge >= 0.3 is 0 Å². The van der Waals surface area contributed by atoms with E-state index < -0.39 is 0 Å². The third kappa shape index (κ3) is 2.61. The highest BCUT2D eigenvalue weighted by atomic mass is 14.8. The normalized spacial score (nSPS) is 17.8. The summed E-state index contributed by atoms with van der Waals surface area (Å²) < 4.78 is 0. The summed E-state index contributed by atoms with van der Waals surface area (Å²) in [4.78, 5) is 4.67. The second-order valence-electron chi connectivity index (χ2n) is 8.28. The fourth-order valence-corrected chi connectivity index (χ4v) is 3.15. The summed E-state index contributed by atoms with van der Waals surface area (Å²) in [5, 5.41) is 0.285. The van der Waals surface area contributed by atoms with E-state index in [1.165, 1.54) is 28.7 Å². The van der Waals surface area contributed by atoms with E-state index >= 15 is 0 Å². The minimum atomic E-state index is 0.285. The van der Waals surface area contributed by atoms with Gasteiger partial charge in [0.05, 0.1) is 5.70 Å². The highest BCUT2D eigenvalue weighted by Crippen LogP contribution is 2.43. The maximum atomic E-state index is 4.67. The molecule has 0 bridgehead atoms. The van der Waals surface area contributed by atoms with Gasteiger partial charge in [0, 0.05) is 11.8 Å². The number of benzene rings is 1. The summed E-state index contributed by atoms with van der Waals surface area (Å²) in [6.45, 7) is 11.8. The van der Waals surface area contributed by atoms with Gasteiger partial charge in [-0.1, -0.05) is 58.3 Å². The van der Waals surface area contributed by atoms with Crippen LogP contribution >= 0.6 is 0 Å². The van der Waals surface area contributed by atoms with Crippen LogP contribution in [0.4, 0.5) is 0 Å². The number of hydrogen-bond donors (Lipinski definition) is 0. The number of fused-ring (bicyclic) bond motifs is 2. The summed E-state index contributed by atoms with van der Waals surface area (Å²) in [7, 11) is 1.12. The van der Waals surface area contributed by atoms with Gasteiger partial charge in [-0.25, -0.2) is 0 Å². The summed E-state index contributed by atoms with van der Waals surface area (Å²) in [6.07, 6.45) is 5.50. The van der Waals surface area contributed by atoms with Crippen molar-refractivity contribution < 1.29 is 0 Å². The van der Waals surface area contributed by atoms with E-state index in [1.807, 2.05) is 0 Å². The predicted octanol–water partition coefficient (Wildman–Crippen LogP) is 4.12. The third-order valence-electron chi connectivity index (χ3n) is 5.64. The molecule has 1 aliphatic carbocycles. The highest BCUT2D eigenvalue weighted by Gasteiger charge is 2.34. The lowest BCUT2D eigenvalue weighted by Gasteiger charge is -2.38. The zero-order chi connectivity index (χ0) is 15.3. The Morgan fingerprint density at radius 2 is 1.86 bits per heavy atom. The predicted molar refractivity (Wildman–Crippen MR) is 95.1 cm³/mol. The molecule has 1 aromatic rings. The number of allylic oxidation sites excluding steroid dienone is 1. The Labute approximate surface area is 129 Å². The van der Waals surface area contributed by atoms with Crippen LogP contribution < -0.4 is 5.46 Å². The van der Waals surface area contributed by atoms with Crippen LogP contribution in [0.1, 0.15) is 58.6 Å². The molecule has 0 aromatic heterocycles. The van der Waals surface area contributed by atoms with Gasteiger partial charge in [-0.05, 0) is 41.1 Å². The smallest absolute Gasteiger partial charge is 0.164 e. The Balaban J connectivity index is 1.91. The minimum Gasteiger partial charge on any atom is -0.261 e. The van der Waals surface area contributed by atoms with E-state index in [0.717, 1.165) is 20.1 Å². The van der Waals surface area contributed by atoms with Crippen LogP contribution in [-0.2, 0) is 6.42 Å².